The van der Waals surface area contributed by atoms with Crippen molar-refractivity contribution < 1.29 is 13.9 Å². The fraction of sp³-hybridized carbons (Fsp3) is 0.364. The van der Waals surface area contributed by atoms with Crippen LogP contribution in [0.15, 0.2) is 23.4 Å². The third kappa shape index (κ3) is 3.92. The first-order valence-electron chi connectivity index (χ1n) is 5.09. The average molecular weight is 240 g/mol. The van der Waals surface area contributed by atoms with Crippen molar-refractivity contribution in [3.8, 4) is 0 Å². The molecule has 0 bridgehead atoms. The molecule has 1 rings (SSSR count). The number of carbonyl (C=O) groups is 1. The molecule has 0 saturated heterocycles. The van der Waals surface area contributed by atoms with E-state index in [2.05, 4.69) is 10.5 Å². The zero-order valence-corrected chi connectivity index (χ0v) is 9.40. The Morgan fingerprint density at radius 2 is 2.29 bits per heavy atom. The van der Waals surface area contributed by atoms with Gasteiger partial charge in [0.15, 0.2) is 5.82 Å². The summed E-state index contributed by atoms with van der Waals surface area (Å²) in [6.07, 6.45) is 0.679. The largest absolute Gasteiger partial charge is 0.385 e. The van der Waals surface area contributed by atoms with Crippen LogP contribution in [0.5, 0.6) is 0 Å². The van der Waals surface area contributed by atoms with Gasteiger partial charge in [0, 0.05) is 25.8 Å². The quantitative estimate of drug-likeness (QED) is 0.610. The Morgan fingerprint density at radius 3 is 2.88 bits per heavy atom. The minimum Gasteiger partial charge on any atom is -0.385 e. The minimum absolute atomic E-state index is 0.160. The molecule has 0 saturated carbocycles. The van der Waals surface area contributed by atoms with Gasteiger partial charge in [-0.1, -0.05) is 0 Å². The van der Waals surface area contributed by atoms with E-state index < -0.39 is 11.7 Å². The molecule has 0 radical (unpaired) electrons. The molecule has 5 nitrogen and oxygen atoms in total. The van der Waals surface area contributed by atoms with Gasteiger partial charge in [0.2, 0.25) is 0 Å². The van der Waals surface area contributed by atoms with Gasteiger partial charge in [-0.05, 0) is 29.8 Å². The van der Waals surface area contributed by atoms with Crippen molar-refractivity contribution in [3.05, 3.63) is 34.5 Å². The molecular weight excluding hydrogens is 227 g/mol. The van der Waals surface area contributed by atoms with Crippen LogP contribution >= 0.6 is 0 Å². The highest BCUT2D eigenvalue weighted by atomic mass is 19.1. The van der Waals surface area contributed by atoms with E-state index in [4.69, 9.17) is 4.74 Å². The molecule has 0 aliphatic carbocycles. The fourth-order valence-electron chi connectivity index (χ4n) is 1.24. The van der Waals surface area contributed by atoms with E-state index in [0.717, 1.165) is 6.07 Å². The molecule has 0 unspecified atom stereocenters. The molecule has 1 aromatic rings. The maximum Gasteiger partial charge on any atom is 0.251 e. The molecule has 0 spiro atoms. The Morgan fingerprint density at radius 1 is 1.53 bits per heavy atom. The van der Waals surface area contributed by atoms with Crippen LogP contribution in [0, 0.1) is 10.7 Å². The lowest BCUT2D eigenvalue weighted by Gasteiger charge is -2.05. The number of nitrogens with one attached hydrogen (secondary N) is 1. The van der Waals surface area contributed by atoms with Gasteiger partial charge in [-0.25, -0.2) is 4.39 Å². The van der Waals surface area contributed by atoms with Gasteiger partial charge in [-0.2, -0.15) is 0 Å². The maximum absolute atomic E-state index is 13.2. The summed E-state index contributed by atoms with van der Waals surface area (Å²) in [4.78, 5) is 21.7. The van der Waals surface area contributed by atoms with E-state index in [9.17, 15) is 14.1 Å². The summed E-state index contributed by atoms with van der Waals surface area (Å²) in [5.41, 5.74) is -0.145. The summed E-state index contributed by atoms with van der Waals surface area (Å²) >= 11 is 0. The lowest BCUT2D eigenvalue weighted by Crippen LogP contribution is -2.25. The van der Waals surface area contributed by atoms with Crippen LogP contribution in [0.25, 0.3) is 0 Å². The van der Waals surface area contributed by atoms with Crippen molar-refractivity contribution in [1.82, 2.24) is 5.32 Å². The monoisotopic (exact) mass is 240 g/mol. The van der Waals surface area contributed by atoms with Crippen molar-refractivity contribution in [2.75, 3.05) is 20.3 Å². The molecule has 17 heavy (non-hydrogen) atoms. The molecule has 0 atom stereocenters. The lowest BCUT2D eigenvalue weighted by molar-refractivity contribution is 0.0948. The van der Waals surface area contributed by atoms with Crippen LogP contribution in [0.4, 0.5) is 10.1 Å². The second kappa shape index (κ2) is 6.70. The normalized spacial score (nSPS) is 10.0. The number of nitrogens with zero attached hydrogens (tertiary/aromatic N) is 1. The Bertz CT molecular complexity index is 410. The molecule has 1 N–H and O–H groups in total. The lowest BCUT2D eigenvalue weighted by atomic mass is 10.2. The summed E-state index contributed by atoms with van der Waals surface area (Å²) in [7, 11) is 1.57. The van der Waals surface area contributed by atoms with Gasteiger partial charge in [0.05, 0.1) is 0 Å². The molecule has 1 aromatic carbocycles. The predicted molar refractivity (Wildman–Crippen MR) is 60.7 cm³/mol. The first kappa shape index (κ1) is 13.2. The predicted octanol–water partition coefficient (Wildman–Crippen LogP) is 1.99. The SMILES string of the molecule is COCCCNC(=O)c1ccc(N=O)c(F)c1. The number of methoxy groups -OCH3 is 1. The van der Waals surface area contributed by atoms with E-state index in [1.807, 2.05) is 0 Å². The first-order valence-corrected chi connectivity index (χ1v) is 5.09. The van der Waals surface area contributed by atoms with Crippen LogP contribution in [-0.2, 0) is 4.74 Å². The minimum atomic E-state index is -0.801. The van der Waals surface area contributed by atoms with E-state index in [1.165, 1.54) is 12.1 Å². The maximum atomic E-state index is 13.2. The number of nitroso groups, excluding NO2 is 1. The van der Waals surface area contributed by atoms with Crippen LogP contribution in [0.1, 0.15) is 16.8 Å². The van der Waals surface area contributed by atoms with Gasteiger partial charge < -0.3 is 10.1 Å². The number of hydrogen-bond acceptors (Lipinski definition) is 4. The van der Waals surface area contributed by atoms with Gasteiger partial charge >= 0.3 is 0 Å². The average Bonchev–Trinajstić information content (AvgIpc) is 2.34. The highest BCUT2D eigenvalue weighted by Gasteiger charge is 2.09. The van der Waals surface area contributed by atoms with E-state index in [0.29, 0.717) is 19.6 Å². The molecule has 0 aliphatic rings. The van der Waals surface area contributed by atoms with Crippen LogP contribution in [0.2, 0.25) is 0 Å². The number of hydrogen-bond donors (Lipinski definition) is 1. The summed E-state index contributed by atoms with van der Waals surface area (Å²) in [5, 5.41) is 5.09. The Labute approximate surface area is 97.9 Å². The highest BCUT2D eigenvalue weighted by Crippen LogP contribution is 2.18. The molecule has 92 valence electrons. The number of rotatable bonds is 6. The Hall–Kier alpha value is -1.82. The number of ether oxygens (including phenoxy) is 1. The smallest absolute Gasteiger partial charge is 0.251 e. The van der Waals surface area contributed by atoms with Crippen molar-refractivity contribution in [3.63, 3.8) is 0 Å². The van der Waals surface area contributed by atoms with Gasteiger partial charge in [0.25, 0.3) is 5.91 Å². The van der Waals surface area contributed by atoms with E-state index in [1.54, 1.807) is 7.11 Å². The summed E-state index contributed by atoms with van der Waals surface area (Å²) < 4.78 is 18.0. The van der Waals surface area contributed by atoms with Crippen molar-refractivity contribution in [2.45, 2.75) is 6.42 Å². The molecule has 0 fully saturated rings. The molecule has 1 amide bonds. The summed E-state index contributed by atoms with van der Waals surface area (Å²) in [5.74, 6) is -1.19. The molecule has 0 heterocycles. The Kier molecular flexibility index (Phi) is 5.22. The van der Waals surface area contributed by atoms with E-state index >= 15 is 0 Å². The molecule has 6 heteroatoms. The number of amides is 1. The van der Waals surface area contributed by atoms with Crippen molar-refractivity contribution >= 4 is 11.6 Å². The van der Waals surface area contributed by atoms with Gasteiger partial charge in [-0.3, -0.25) is 4.79 Å². The first-order chi connectivity index (χ1) is 8.19. The van der Waals surface area contributed by atoms with Gasteiger partial charge in [-0.15, -0.1) is 4.91 Å². The standard InChI is InChI=1S/C11H13FN2O3/c1-17-6-2-5-13-11(15)8-3-4-10(14-16)9(12)7-8/h3-4,7H,2,5-6H2,1H3,(H,13,15). The number of halogens is 1. The molecular formula is C11H13FN2O3. The van der Waals surface area contributed by atoms with Crippen LogP contribution in [0.3, 0.4) is 0 Å². The molecule has 0 aromatic heterocycles. The number of carbonyl (C=O) groups excluding carboxylic acids is 1. The van der Waals surface area contributed by atoms with Crippen LogP contribution in [-0.4, -0.2) is 26.2 Å². The summed E-state index contributed by atoms with van der Waals surface area (Å²) in [6, 6.07) is 3.51. The topological polar surface area (TPSA) is 67.8 Å². The van der Waals surface area contributed by atoms with Crippen molar-refractivity contribution in [1.29, 1.82) is 0 Å². The van der Waals surface area contributed by atoms with Gasteiger partial charge in [0.1, 0.15) is 5.69 Å². The Balaban J connectivity index is 2.57. The van der Waals surface area contributed by atoms with Crippen molar-refractivity contribution in [2.24, 2.45) is 5.18 Å². The van der Waals surface area contributed by atoms with E-state index in [-0.39, 0.29) is 11.3 Å². The second-order valence-corrected chi connectivity index (χ2v) is 3.36. The third-order valence-corrected chi connectivity index (χ3v) is 2.12. The third-order valence-electron chi connectivity index (χ3n) is 2.12. The summed E-state index contributed by atoms with van der Waals surface area (Å²) in [6.45, 7) is 0.991. The van der Waals surface area contributed by atoms with Crippen LogP contribution < -0.4 is 5.32 Å². The fourth-order valence-corrected chi connectivity index (χ4v) is 1.24. The second-order valence-electron chi connectivity index (χ2n) is 3.36. The number of benzene rings is 1. The zero-order chi connectivity index (χ0) is 12.7. The molecule has 0 aliphatic heterocycles. The highest BCUT2D eigenvalue weighted by molar-refractivity contribution is 5.94. The zero-order valence-electron chi connectivity index (χ0n) is 9.40.